The van der Waals surface area contributed by atoms with Crippen molar-refractivity contribution < 1.29 is 0 Å². The van der Waals surface area contributed by atoms with Gasteiger partial charge in [-0.05, 0) is 30.9 Å². The molecule has 0 heterocycles. The Bertz CT molecular complexity index is 342. The molecule has 0 bridgehead atoms. The molecule has 1 aromatic carbocycles. The van der Waals surface area contributed by atoms with E-state index in [1.54, 1.807) is 0 Å². The van der Waals surface area contributed by atoms with E-state index < -0.39 is 0 Å². The lowest BCUT2D eigenvalue weighted by atomic mass is 9.94. The molecule has 2 rings (SSSR count). The maximum atomic E-state index is 2.24. The van der Waals surface area contributed by atoms with Crippen LogP contribution in [0.3, 0.4) is 0 Å². The summed E-state index contributed by atoms with van der Waals surface area (Å²) in [7, 11) is 0. The van der Waals surface area contributed by atoms with Gasteiger partial charge in [0.15, 0.2) is 0 Å². The first-order chi connectivity index (χ1) is 8.36. The first-order valence-electron chi connectivity index (χ1n) is 6.78. The van der Waals surface area contributed by atoms with E-state index in [4.69, 9.17) is 0 Å². The summed E-state index contributed by atoms with van der Waals surface area (Å²) in [6.07, 6.45) is 6.87. The lowest BCUT2D eigenvalue weighted by Gasteiger charge is -2.11. The van der Waals surface area contributed by atoms with Gasteiger partial charge in [0, 0.05) is 0 Å². The second kappa shape index (κ2) is 9.89. The normalized spacial score (nSPS) is 13.2. The van der Waals surface area contributed by atoms with Gasteiger partial charge in [0.2, 0.25) is 0 Å². The van der Waals surface area contributed by atoms with Crippen molar-refractivity contribution in [1.82, 2.24) is 0 Å². The van der Waals surface area contributed by atoms with E-state index in [9.17, 15) is 0 Å². The molecule has 17 heavy (non-hydrogen) atoms. The summed E-state index contributed by atoms with van der Waals surface area (Å²) in [6.45, 7) is 10.2. The van der Waals surface area contributed by atoms with Crippen molar-refractivity contribution in [2.75, 3.05) is 0 Å². The molecule has 0 atom stereocenters. The van der Waals surface area contributed by atoms with Crippen molar-refractivity contribution in [1.29, 1.82) is 0 Å². The van der Waals surface area contributed by atoms with Crippen LogP contribution in [0.25, 0.3) is 5.57 Å². The smallest absolute Gasteiger partial charge is 0.0224 e. The number of rotatable bonds is 1. The Labute approximate surface area is 107 Å². The van der Waals surface area contributed by atoms with Gasteiger partial charge in [-0.3, -0.25) is 0 Å². The van der Waals surface area contributed by atoms with Crippen LogP contribution in [0.5, 0.6) is 0 Å². The van der Waals surface area contributed by atoms with E-state index in [-0.39, 0.29) is 0 Å². The quantitative estimate of drug-likeness (QED) is 0.566. The molecule has 0 saturated carbocycles. The summed E-state index contributed by atoms with van der Waals surface area (Å²) < 4.78 is 0. The predicted molar refractivity (Wildman–Crippen MR) is 80.1 cm³/mol. The minimum Gasteiger partial charge on any atom is -0.0730 e. The van der Waals surface area contributed by atoms with E-state index >= 15 is 0 Å². The molecule has 0 aromatic heterocycles. The van der Waals surface area contributed by atoms with Crippen LogP contribution < -0.4 is 0 Å². The summed E-state index contributed by atoms with van der Waals surface area (Å²) in [6, 6.07) is 10.6. The monoisotopic (exact) mass is 230 g/mol. The van der Waals surface area contributed by atoms with E-state index in [0.29, 0.717) is 0 Å². The maximum Gasteiger partial charge on any atom is -0.0224 e. The molecule has 0 heteroatoms. The highest BCUT2D eigenvalue weighted by atomic mass is 14.1. The van der Waals surface area contributed by atoms with Gasteiger partial charge in [-0.2, -0.15) is 0 Å². The molecule has 0 spiro atoms. The third-order valence-corrected chi connectivity index (χ3v) is 2.50. The average Bonchev–Trinajstić information content (AvgIpc) is 2.45. The molecule has 1 aliphatic rings. The first kappa shape index (κ1) is 15.7. The largest absolute Gasteiger partial charge is 0.0730 e. The average molecular weight is 230 g/mol. The van der Waals surface area contributed by atoms with E-state index in [1.807, 2.05) is 27.7 Å². The molecule has 0 aliphatic heterocycles. The number of hydrogen-bond acceptors (Lipinski definition) is 0. The molecule has 0 radical (unpaired) electrons. The lowest BCUT2D eigenvalue weighted by Crippen LogP contribution is -1.90. The maximum absolute atomic E-state index is 2.24. The summed E-state index contributed by atoms with van der Waals surface area (Å²) in [5.41, 5.74) is 4.32. The van der Waals surface area contributed by atoms with Crippen LogP contribution in [0.4, 0.5) is 0 Å². The third-order valence-electron chi connectivity index (χ3n) is 2.50. The first-order valence-corrected chi connectivity index (χ1v) is 6.78. The van der Waals surface area contributed by atoms with Crippen LogP contribution in [0.2, 0.25) is 0 Å². The molecular weight excluding hydrogens is 204 g/mol. The van der Waals surface area contributed by atoms with Crippen molar-refractivity contribution in [2.24, 2.45) is 0 Å². The number of benzene rings is 1. The van der Waals surface area contributed by atoms with Gasteiger partial charge in [-0.1, -0.05) is 75.8 Å². The van der Waals surface area contributed by atoms with Crippen molar-refractivity contribution in [2.45, 2.75) is 47.5 Å². The van der Waals surface area contributed by atoms with Gasteiger partial charge in [0.25, 0.3) is 0 Å². The molecule has 0 fully saturated rings. The van der Waals surface area contributed by atoms with Gasteiger partial charge in [0.05, 0.1) is 0 Å². The Hall–Kier alpha value is -1.30. The summed E-state index contributed by atoms with van der Waals surface area (Å²) in [5.74, 6) is 0. The highest BCUT2D eigenvalue weighted by Crippen LogP contribution is 2.25. The van der Waals surface area contributed by atoms with Gasteiger partial charge in [-0.25, -0.2) is 0 Å². The molecular formula is C17H26. The SMILES string of the molecule is CC.CC.CC1=CC=C(c2ccccc2)CC1. The standard InChI is InChI=1S/C13H14.2C2H6/c1-11-7-9-13(10-8-11)12-5-3-2-4-6-12;2*1-2/h2-7,9H,8,10H2,1H3;2*1-2H3. The highest BCUT2D eigenvalue weighted by Gasteiger charge is 2.04. The minimum absolute atomic E-state index is 1.19. The number of hydrogen-bond donors (Lipinski definition) is 0. The molecule has 0 N–H and O–H groups in total. The van der Waals surface area contributed by atoms with Crippen LogP contribution in [-0.4, -0.2) is 0 Å². The molecule has 0 saturated heterocycles. The topological polar surface area (TPSA) is 0 Å². The zero-order valence-corrected chi connectivity index (χ0v) is 12.0. The van der Waals surface area contributed by atoms with Crippen molar-refractivity contribution in [3.8, 4) is 0 Å². The second-order valence-electron chi connectivity index (χ2n) is 3.57. The van der Waals surface area contributed by atoms with Crippen LogP contribution in [0, 0.1) is 0 Å². The fourth-order valence-corrected chi connectivity index (χ4v) is 1.63. The zero-order chi connectivity index (χ0) is 13.1. The zero-order valence-electron chi connectivity index (χ0n) is 12.0. The summed E-state index contributed by atoms with van der Waals surface area (Å²) >= 11 is 0. The molecule has 94 valence electrons. The second-order valence-corrected chi connectivity index (χ2v) is 3.57. The Morgan fingerprint density at radius 1 is 0.765 bits per heavy atom. The van der Waals surface area contributed by atoms with Crippen LogP contribution in [0.15, 0.2) is 48.1 Å². The van der Waals surface area contributed by atoms with Gasteiger partial charge in [-0.15, -0.1) is 0 Å². The highest BCUT2D eigenvalue weighted by molar-refractivity contribution is 5.68. The van der Waals surface area contributed by atoms with Crippen LogP contribution >= 0.6 is 0 Å². The van der Waals surface area contributed by atoms with Crippen LogP contribution in [-0.2, 0) is 0 Å². The molecule has 0 nitrogen and oxygen atoms in total. The summed E-state index contributed by atoms with van der Waals surface area (Å²) in [4.78, 5) is 0. The van der Waals surface area contributed by atoms with Crippen LogP contribution in [0.1, 0.15) is 53.0 Å². The van der Waals surface area contributed by atoms with Gasteiger partial charge < -0.3 is 0 Å². The molecule has 1 aliphatic carbocycles. The van der Waals surface area contributed by atoms with E-state index in [2.05, 4.69) is 49.4 Å². The van der Waals surface area contributed by atoms with Crippen molar-refractivity contribution >= 4 is 5.57 Å². The Morgan fingerprint density at radius 3 is 1.82 bits per heavy atom. The van der Waals surface area contributed by atoms with E-state index in [0.717, 1.165) is 0 Å². The Morgan fingerprint density at radius 2 is 1.35 bits per heavy atom. The number of allylic oxidation sites excluding steroid dienone is 4. The minimum atomic E-state index is 1.19. The van der Waals surface area contributed by atoms with Gasteiger partial charge in [0.1, 0.15) is 0 Å². The lowest BCUT2D eigenvalue weighted by molar-refractivity contribution is 0.977. The van der Waals surface area contributed by atoms with E-state index in [1.165, 1.54) is 29.6 Å². The van der Waals surface area contributed by atoms with Crippen molar-refractivity contribution in [3.63, 3.8) is 0 Å². The Kier molecular flexibility index (Phi) is 9.14. The molecule has 1 aromatic rings. The van der Waals surface area contributed by atoms with Crippen molar-refractivity contribution in [3.05, 3.63) is 53.6 Å². The van der Waals surface area contributed by atoms with Gasteiger partial charge >= 0.3 is 0 Å². The fraction of sp³-hybridized carbons (Fsp3) is 0.412. The molecule has 0 unspecified atom stereocenters. The summed E-state index contributed by atoms with van der Waals surface area (Å²) in [5, 5.41) is 0. The molecule has 0 amide bonds. The third kappa shape index (κ3) is 5.53. The Balaban J connectivity index is 0.000000581. The fourth-order valence-electron chi connectivity index (χ4n) is 1.63. The predicted octanol–water partition coefficient (Wildman–Crippen LogP) is 5.86.